The third-order valence-electron chi connectivity index (χ3n) is 1.92. The maximum Gasteiger partial charge on any atom is 0.409 e. The van der Waals surface area contributed by atoms with E-state index in [1.807, 2.05) is 0 Å². The molecule has 0 fully saturated rings. The highest BCUT2D eigenvalue weighted by atomic mass is 16.5. The molecular weight excluding hydrogens is 184 g/mol. The molecule has 3 N–H and O–H groups in total. The van der Waals surface area contributed by atoms with Gasteiger partial charge < -0.3 is 15.8 Å². The molecule has 0 spiro atoms. The molecule has 0 aromatic heterocycles. The fraction of sp³-hybridized carbons (Fsp3) is 0.111. The monoisotopic (exact) mass is 192 g/mol. The van der Waals surface area contributed by atoms with Crippen molar-refractivity contribution in [2.45, 2.75) is 6.42 Å². The summed E-state index contributed by atoms with van der Waals surface area (Å²) < 4.78 is 4.67. The zero-order chi connectivity index (χ0) is 10.1. The Morgan fingerprint density at radius 2 is 2.29 bits per heavy atom. The summed E-state index contributed by atoms with van der Waals surface area (Å²) in [5, 5.41) is 2.67. The van der Waals surface area contributed by atoms with Crippen molar-refractivity contribution in [1.82, 2.24) is 0 Å². The van der Waals surface area contributed by atoms with Gasteiger partial charge in [0.1, 0.15) is 5.75 Å². The first-order valence-electron chi connectivity index (χ1n) is 4.05. The lowest BCUT2D eigenvalue weighted by Gasteiger charge is -2.02. The van der Waals surface area contributed by atoms with Gasteiger partial charge in [-0.05, 0) is 23.8 Å². The second-order valence-electron chi connectivity index (χ2n) is 2.97. The Bertz CT molecular complexity index is 415. The van der Waals surface area contributed by atoms with Crippen molar-refractivity contribution in [3.8, 4) is 5.75 Å². The Kier molecular flexibility index (Phi) is 1.85. The van der Waals surface area contributed by atoms with Crippen molar-refractivity contribution in [2.75, 3.05) is 5.32 Å². The van der Waals surface area contributed by atoms with E-state index in [4.69, 9.17) is 5.73 Å². The minimum atomic E-state index is -0.859. The Morgan fingerprint density at radius 3 is 3.00 bits per heavy atom. The molecule has 0 atom stereocenters. The van der Waals surface area contributed by atoms with Gasteiger partial charge in [-0.15, -0.1) is 0 Å². The smallest absolute Gasteiger partial charge is 0.409 e. The van der Waals surface area contributed by atoms with Gasteiger partial charge in [-0.25, -0.2) is 4.79 Å². The highest BCUT2D eigenvalue weighted by molar-refractivity contribution is 5.99. The van der Waals surface area contributed by atoms with E-state index >= 15 is 0 Å². The van der Waals surface area contributed by atoms with Gasteiger partial charge in [0.05, 0.1) is 6.42 Å². The van der Waals surface area contributed by atoms with Crippen molar-refractivity contribution in [2.24, 2.45) is 5.73 Å². The third-order valence-corrected chi connectivity index (χ3v) is 1.92. The fourth-order valence-corrected chi connectivity index (χ4v) is 1.39. The van der Waals surface area contributed by atoms with E-state index in [0.29, 0.717) is 12.2 Å². The topological polar surface area (TPSA) is 81.4 Å². The standard InChI is InChI=1S/C9H8N2O3/c10-9(13)14-6-1-2-7-5(3-6)4-8(12)11-7/h1-3H,4H2,(H2,10,13)(H,11,12). The number of nitrogens with one attached hydrogen (secondary N) is 1. The van der Waals surface area contributed by atoms with Gasteiger partial charge >= 0.3 is 6.09 Å². The number of ether oxygens (including phenoxy) is 1. The van der Waals surface area contributed by atoms with Crippen LogP contribution in [0.5, 0.6) is 5.75 Å². The molecule has 0 radical (unpaired) electrons. The first kappa shape index (κ1) is 8.55. The van der Waals surface area contributed by atoms with Crippen molar-refractivity contribution >= 4 is 17.7 Å². The first-order chi connectivity index (χ1) is 6.65. The lowest BCUT2D eigenvalue weighted by atomic mass is 10.1. The van der Waals surface area contributed by atoms with Gasteiger partial charge in [-0.2, -0.15) is 0 Å². The van der Waals surface area contributed by atoms with Crippen LogP contribution in [0.3, 0.4) is 0 Å². The number of carbonyl (C=O) groups excluding carboxylic acids is 2. The predicted octanol–water partition coefficient (Wildman–Crippen LogP) is 0.639. The highest BCUT2D eigenvalue weighted by Gasteiger charge is 2.17. The summed E-state index contributed by atoms with van der Waals surface area (Å²) in [5.41, 5.74) is 6.42. The molecule has 0 saturated carbocycles. The first-order valence-corrected chi connectivity index (χ1v) is 4.05. The maximum atomic E-state index is 11.0. The van der Waals surface area contributed by atoms with E-state index < -0.39 is 6.09 Å². The van der Waals surface area contributed by atoms with Crippen LogP contribution in [0.25, 0.3) is 0 Å². The van der Waals surface area contributed by atoms with Crippen molar-refractivity contribution in [3.63, 3.8) is 0 Å². The summed E-state index contributed by atoms with van der Waals surface area (Å²) in [6.07, 6.45) is -0.548. The van der Waals surface area contributed by atoms with Crippen LogP contribution in [0.4, 0.5) is 10.5 Å². The zero-order valence-corrected chi connectivity index (χ0v) is 7.24. The average molecular weight is 192 g/mol. The molecule has 0 bridgehead atoms. The molecule has 14 heavy (non-hydrogen) atoms. The molecule has 2 rings (SSSR count). The number of hydrogen-bond acceptors (Lipinski definition) is 3. The number of benzene rings is 1. The molecule has 1 aromatic rings. The Balaban J connectivity index is 2.28. The molecule has 5 heteroatoms. The second kappa shape index (κ2) is 3.02. The number of fused-ring (bicyclic) bond motifs is 1. The van der Waals surface area contributed by atoms with Crippen LogP contribution in [-0.2, 0) is 11.2 Å². The van der Waals surface area contributed by atoms with E-state index in [1.54, 1.807) is 18.2 Å². The summed E-state index contributed by atoms with van der Waals surface area (Å²) in [6, 6.07) is 4.88. The molecule has 1 heterocycles. The Labute approximate surface area is 79.8 Å². The van der Waals surface area contributed by atoms with Crippen LogP contribution >= 0.6 is 0 Å². The number of hydrogen-bond donors (Lipinski definition) is 2. The number of nitrogens with two attached hydrogens (primary N) is 1. The van der Waals surface area contributed by atoms with Crippen LogP contribution in [0.2, 0.25) is 0 Å². The molecule has 72 valence electrons. The number of carbonyl (C=O) groups is 2. The number of primary amides is 1. The summed E-state index contributed by atoms with van der Waals surface area (Å²) in [4.78, 5) is 21.4. The van der Waals surface area contributed by atoms with E-state index in [0.717, 1.165) is 11.3 Å². The second-order valence-corrected chi connectivity index (χ2v) is 2.97. The summed E-state index contributed by atoms with van der Waals surface area (Å²) >= 11 is 0. The third kappa shape index (κ3) is 1.52. The number of rotatable bonds is 1. The molecule has 1 aromatic carbocycles. The Morgan fingerprint density at radius 1 is 1.50 bits per heavy atom. The summed E-state index contributed by atoms with van der Waals surface area (Å²) in [6.45, 7) is 0. The van der Waals surface area contributed by atoms with Gasteiger partial charge in [0.25, 0.3) is 0 Å². The molecule has 1 aliphatic rings. The van der Waals surface area contributed by atoms with Crippen LogP contribution in [0.15, 0.2) is 18.2 Å². The SMILES string of the molecule is NC(=O)Oc1ccc2c(c1)CC(=O)N2. The molecule has 2 amide bonds. The van der Waals surface area contributed by atoms with E-state index in [-0.39, 0.29) is 5.91 Å². The van der Waals surface area contributed by atoms with Gasteiger partial charge in [0, 0.05) is 5.69 Å². The van der Waals surface area contributed by atoms with Crippen LogP contribution in [0.1, 0.15) is 5.56 Å². The van der Waals surface area contributed by atoms with Crippen molar-refractivity contribution in [1.29, 1.82) is 0 Å². The predicted molar refractivity (Wildman–Crippen MR) is 49.0 cm³/mol. The van der Waals surface area contributed by atoms with E-state index in [9.17, 15) is 9.59 Å². The molecule has 0 aliphatic carbocycles. The van der Waals surface area contributed by atoms with E-state index in [2.05, 4.69) is 10.1 Å². The van der Waals surface area contributed by atoms with Crippen molar-refractivity contribution < 1.29 is 14.3 Å². The lowest BCUT2D eigenvalue weighted by Crippen LogP contribution is -2.16. The quantitative estimate of drug-likeness (QED) is 0.685. The average Bonchev–Trinajstić information content (AvgIpc) is 2.42. The normalized spacial score (nSPS) is 13.3. The minimum absolute atomic E-state index is 0.0591. The molecular formula is C9H8N2O3. The van der Waals surface area contributed by atoms with Crippen LogP contribution in [-0.4, -0.2) is 12.0 Å². The van der Waals surface area contributed by atoms with Gasteiger partial charge in [0.15, 0.2) is 0 Å². The highest BCUT2D eigenvalue weighted by Crippen LogP contribution is 2.26. The van der Waals surface area contributed by atoms with Crippen LogP contribution in [0, 0.1) is 0 Å². The van der Waals surface area contributed by atoms with E-state index in [1.165, 1.54) is 0 Å². The zero-order valence-electron chi connectivity index (χ0n) is 7.24. The summed E-state index contributed by atoms with van der Waals surface area (Å²) in [7, 11) is 0. The molecule has 0 unspecified atom stereocenters. The van der Waals surface area contributed by atoms with Gasteiger partial charge in [-0.1, -0.05) is 0 Å². The fourth-order valence-electron chi connectivity index (χ4n) is 1.39. The Hall–Kier alpha value is -2.04. The lowest BCUT2D eigenvalue weighted by molar-refractivity contribution is -0.115. The minimum Gasteiger partial charge on any atom is -0.410 e. The van der Waals surface area contributed by atoms with Gasteiger partial charge in [-0.3, -0.25) is 4.79 Å². The molecule has 5 nitrogen and oxygen atoms in total. The maximum absolute atomic E-state index is 11.0. The number of amides is 2. The molecule has 0 saturated heterocycles. The largest absolute Gasteiger partial charge is 0.410 e. The van der Waals surface area contributed by atoms with Crippen LogP contribution < -0.4 is 15.8 Å². The van der Waals surface area contributed by atoms with Gasteiger partial charge in [0.2, 0.25) is 5.91 Å². The summed E-state index contributed by atoms with van der Waals surface area (Å²) in [5.74, 6) is 0.295. The van der Waals surface area contributed by atoms with Crippen molar-refractivity contribution in [3.05, 3.63) is 23.8 Å². The molecule has 1 aliphatic heterocycles. The number of anilines is 1.